The fraction of sp³-hybridized carbons (Fsp3) is 0.229. The van der Waals surface area contributed by atoms with Crippen molar-refractivity contribution in [2.24, 2.45) is 16.6 Å². The van der Waals surface area contributed by atoms with E-state index in [-0.39, 0.29) is 18.4 Å². The molecule has 3 N–H and O–H groups in total. The molecule has 1 saturated heterocycles. The summed E-state index contributed by atoms with van der Waals surface area (Å²) < 4.78 is 0. The number of hydrogen-bond donors (Lipinski definition) is 2. The molecule has 0 atom stereocenters. The zero-order valence-corrected chi connectivity index (χ0v) is 23.2. The lowest BCUT2D eigenvalue weighted by Crippen LogP contribution is -2.51. The Morgan fingerprint density at radius 3 is 1.98 bits per heavy atom. The van der Waals surface area contributed by atoms with Gasteiger partial charge in [-0.15, -0.1) is 0 Å². The van der Waals surface area contributed by atoms with Gasteiger partial charge in [-0.2, -0.15) is 0 Å². The molecule has 5 rings (SSSR count). The molecule has 1 heterocycles. The maximum atomic E-state index is 13.3. The Morgan fingerprint density at radius 2 is 1.39 bits per heavy atom. The molecule has 0 aromatic heterocycles. The number of amides is 1. The maximum Gasteiger partial charge on any atom is 0.253 e. The van der Waals surface area contributed by atoms with Crippen molar-refractivity contribution >= 4 is 18.2 Å². The Balaban J connectivity index is 1.24. The van der Waals surface area contributed by atoms with E-state index >= 15 is 0 Å². The summed E-state index contributed by atoms with van der Waals surface area (Å²) in [6.45, 7) is 1.81. The van der Waals surface area contributed by atoms with E-state index in [2.05, 4.69) is 34.6 Å². The van der Waals surface area contributed by atoms with Gasteiger partial charge in [0.15, 0.2) is 12.2 Å². The molecule has 0 radical (unpaired) electrons. The summed E-state index contributed by atoms with van der Waals surface area (Å²) in [6, 6.07) is 37.0. The predicted octanol–water partition coefficient (Wildman–Crippen LogP) is 5.33. The lowest BCUT2D eigenvalue weighted by Gasteiger charge is -2.32. The molecule has 208 valence electrons. The number of aldehydes is 1. The molecule has 1 aliphatic heterocycles. The van der Waals surface area contributed by atoms with Gasteiger partial charge in [0.1, 0.15) is 5.54 Å². The van der Waals surface area contributed by atoms with Crippen LogP contribution in [0.4, 0.5) is 0 Å². The molecule has 1 amide bonds. The molecule has 0 spiro atoms. The summed E-state index contributed by atoms with van der Waals surface area (Å²) in [7, 11) is 0. The summed E-state index contributed by atoms with van der Waals surface area (Å²) in [5.74, 6) is 0.790. The molecule has 6 heteroatoms. The van der Waals surface area contributed by atoms with Gasteiger partial charge in [-0.1, -0.05) is 103 Å². The van der Waals surface area contributed by atoms with Crippen LogP contribution in [0, 0.1) is 5.92 Å². The molecular weight excluding hydrogens is 508 g/mol. The predicted molar refractivity (Wildman–Crippen MR) is 163 cm³/mol. The second-order valence-corrected chi connectivity index (χ2v) is 10.6. The summed E-state index contributed by atoms with van der Waals surface area (Å²) >= 11 is 0. The number of likely N-dealkylation sites (tertiary alicyclic amines) is 1. The third-order valence-electron chi connectivity index (χ3n) is 7.84. The molecule has 0 aliphatic carbocycles. The van der Waals surface area contributed by atoms with Gasteiger partial charge in [-0.05, 0) is 59.6 Å². The number of benzene rings is 4. The minimum absolute atomic E-state index is 0.0493. The number of carbonyl (C=O) groups is 2. The van der Waals surface area contributed by atoms with Crippen LogP contribution in [0.2, 0.25) is 0 Å². The van der Waals surface area contributed by atoms with Crippen LogP contribution in [-0.2, 0) is 23.3 Å². The lowest BCUT2D eigenvalue weighted by atomic mass is 9.84. The molecular formula is C35H36N4O2. The summed E-state index contributed by atoms with van der Waals surface area (Å²) in [4.78, 5) is 32.4. The summed E-state index contributed by atoms with van der Waals surface area (Å²) in [6.07, 6.45) is 3.94. The average Bonchev–Trinajstić information content (AvgIpc) is 3.04. The van der Waals surface area contributed by atoms with Gasteiger partial charge < -0.3 is 16.0 Å². The van der Waals surface area contributed by atoms with Gasteiger partial charge in [0, 0.05) is 18.7 Å². The first-order valence-electron chi connectivity index (χ1n) is 14.1. The van der Waals surface area contributed by atoms with Crippen LogP contribution in [0.25, 0.3) is 0 Å². The molecule has 0 bridgehead atoms. The average molecular weight is 545 g/mol. The van der Waals surface area contributed by atoms with E-state index < -0.39 is 5.54 Å². The fourth-order valence-electron chi connectivity index (χ4n) is 5.57. The van der Waals surface area contributed by atoms with Crippen LogP contribution < -0.4 is 11.1 Å². The normalized spacial score (nSPS) is 14.4. The van der Waals surface area contributed by atoms with E-state index in [9.17, 15) is 9.59 Å². The topological polar surface area (TPSA) is 87.8 Å². The van der Waals surface area contributed by atoms with Crippen molar-refractivity contribution in [2.45, 2.75) is 31.3 Å². The van der Waals surface area contributed by atoms with Gasteiger partial charge in [0.05, 0.1) is 6.54 Å². The molecule has 41 heavy (non-hydrogen) atoms. The molecule has 1 aliphatic rings. The smallest absolute Gasteiger partial charge is 0.253 e. The van der Waals surface area contributed by atoms with Gasteiger partial charge in [-0.25, -0.2) is 4.99 Å². The highest BCUT2D eigenvalue weighted by Gasteiger charge is 2.34. The zero-order valence-electron chi connectivity index (χ0n) is 23.2. The Labute approximate surface area is 241 Å². The minimum Gasteiger partial charge on any atom is -0.370 e. The largest absolute Gasteiger partial charge is 0.370 e. The van der Waals surface area contributed by atoms with Gasteiger partial charge in [0.2, 0.25) is 0 Å². The van der Waals surface area contributed by atoms with Crippen molar-refractivity contribution in [1.82, 2.24) is 10.2 Å². The molecule has 0 saturated carbocycles. The van der Waals surface area contributed by atoms with Crippen LogP contribution in [0.3, 0.4) is 0 Å². The van der Waals surface area contributed by atoms with Gasteiger partial charge >= 0.3 is 0 Å². The highest BCUT2D eigenvalue weighted by Crippen LogP contribution is 2.28. The zero-order chi connectivity index (χ0) is 28.5. The van der Waals surface area contributed by atoms with Crippen LogP contribution in [0.5, 0.6) is 0 Å². The standard InChI is InChI=1S/C35H36N4O2/c36-34(38-35(26-40,31-15-6-2-7-16-31)32-17-8-3-9-18-32)37-25-29-13-10-14-30(24-29)33(41)39-21-19-28(20-22-39)23-27-11-4-1-5-12-27/h1-18,24,26,28H,19-23,25H2,(H3,36,37,38). The number of carbonyl (C=O) groups excluding carboxylic acids is 2. The molecule has 1 fully saturated rings. The SMILES string of the molecule is NC(=NCc1cccc(C(=O)N2CCC(Cc3ccccc3)CC2)c1)NC(C=O)(c1ccccc1)c1ccccc1. The van der Waals surface area contributed by atoms with E-state index in [1.165, 1.54) is 5.56 Å². The van der Waals surface area contributed by atoms with E-state index in [4.69, 9.17) is 5.73 Å². The molecule has 6 nitrogen and oxygen atoms in total. The lowest BCUT2D eigenvalue weighted by molar-refractivity contribution is -0.111. The Morgan fingerprint density at radius 1 is 0.829 bits per heavy atom. The van der Waals surface area contributed by atoms with Crippen LogP contribution in [0.15, 0.2) is 120 Å². The fourth-order valence-corrected chi connectivity index (χ4v) is 5.57. The van der Waals surface area contributed by atoms with Crippen molar-refractivity contribution < 1.29 is 9.59 Å². The van der Waals surface area contributed by atoms with E-state index in [0.29, 0.717) is 11.5 Å². The van der Waals surface area contributed by atoms with Crippen LogP contribution in [-0.4, -0.2) is 36.1 Å². The van der Waals surface area contributed by atoms with Crippen molar-refractivity contribution in [2.75, 3.05) is 13.1 Å². The van der Waals surface area contributed by atoms with Gasteiger partial charge in [-0.3, -0.25) is 9.59 Å². The van der Waals surface area contributed by atoms with E-state index in [0.717, 1.165) is 55.3 Å². The van der Waals surface area contributed by atoms with Crippen LogP contribution in [0.1, 0.15) is 45.5 Å². The number of nitrogens with zero attached hydrogens (tertiary/aromatic N) is 2. The van der Waals surface area contributed by atoms with E-state index in [1.807, 2.05) is 95.9 Å². The first-order valence-corrected chi connectivity index (χ1v) is 14.1. The number of nitrogens with two attached hydrogens (primary N) is 1. The Bertz CT molecular complexity index is 1420. The van der Waals surface area contributed by atoms with E-state index in [1.54, 1.807) is 0 Å². The quantitative estimate of drug-likeness (QED) is 0.169. The van der Waals surface area contributed by atoms with Gasteiger partial charge in [0.25, 0.3) is 5.91 Å². The maximum absolute atomic E-state index is 13.3. The van der Waals surface area contributed by atoms with Crippen LogP contribution >= 0.6 is 0 Å². The monoisotopic (exact) mass is 544 g/mol. The Hall–Kier alpha value is -4.71. The summed E-state index contributed by atoms with van der Waals surface area (Å²) in [5.41, 5.74) is 9.58. The number of hydrogen-bond acceptors (Lipinski definition) is 3. The molecule has 0 unspecified atom stereocenters. The number of piperidine rings is 1. The minimum atomic E-state index is -1.18. The third kappa shape index (κ3) is 6.72. The number of aliphatic imine (C=N–C) groups is 1. The number of nitrogens with one attached hydrogen (secondary N) is 1. The van der Waals surface area contributed by atoms with Crippen molar-refractivity contribution in [3.05, 3.63) is 143 Å². The van der Waals surface area contributed by atoms with Crippen molar-refractivity contribution in [3.63, 3.8) is 0 Å². The first kappa shape index (κ1) is 27.8. The second-order valence-electron chi connectivity index (χ2n) is 10.6. The molecule has 4 aromatic rings. The highest BCUT2D eigenvalue weighted by atomic mass is 16.2. The van der Waals surface area contributed by atoms with Crippen molar-refractivity contribution in [1.29, 1.82) is 0 Å². The molecule has 4 aromatic carbocycles. The third-order valence-corrected chi connectivity index (χ3v) is 7.84. The number of rotatable bonds is 9. The van der Waals surface area contributed by atoms with Crippen molar-refractivity contribution in [3.8, 4) is 0 Å². The number of guanidine groups is 1. The summed E-state index contributed by atoms with van der Waals surface area (Å²) in [5, 5.41) is 3.18. The second kappa shape index (κ2) is 13.1. The highest BCUT2D eigenvalue weighted by molar-refractivity contribution is 5.94. The Kier molecular flexibility index (Phi) is 8.89. The first-order chi connectivity index (χ1) is 20.1.